The van der Waals surface area contributed by atoms with Gasteiger partial charge in [0.1, 0.15) is 6.04 Å². The molecule has 1 atom stereocenters. The number of rotatable bonds is 9. The molecule has 0 bridgehead atoms. The second kappa shape index (κ2) is 10.8. The molecule has 0 aromatic rings. The standard InChI is InChI=1S/C11H21NO3S2/c1-15-11(14)9(6-8-17-3)12-10(13)5-4-7-16-2/h9H,4-8H2,1-3H3,(H,12,13)/t9-/m0/s1. The maximum atomic E-state index is 11.6. The Bertz CT molecular complexity index is 237. The van der Waals surface area contributed by atoms with E-state index in [0.717, 1.165) is 17.9 Å². The maximum absolute atomic E-state index is 11.6. The van der Waals surface area contributed by atoms with Crippen molar-refractivity contribution in [3.05, 3.63) is 0 Å². The first-order chi connectivity index (χ1) is 8.15. The molecule has 0 rings (SSSR count). The number of ether oxygens (including phenoxy) is 1. The van der Waals surface area contributed by atoms with Crippen LogP contribution in [-0.4, -0.2) is 49.0 Å². The third kappa shape index (κ3) is 8.37. The fourth-order valence-corrected chi connectivity index (χ4v) is 2.17. The van der Waals surface area contributed by atoms with Gasteiger partial charge in [0.25, 0.3) is 0 Å². The molecule has 0 saturated carbocycles. The van der Waals surface area contributed by atoms with Gasteiger partial charge in [-0.05, 0) is 36.9 Å². The average molecular weight is 279 g/mol. The van der Waals surface area contributed by atoms with Crippen LogP contribution in [0.2, 0.25) is 0 Å². The number of carbonyl (C=O) groups is 2. The van der Waals surface area contributed by atoms with Crippen molar-refractivity contribution in [2.45, 2.75) is 25.3 Å². The zero-order valence-electron chi connectivity index (χ0n) is 10.7. The van der Waals surface area contributed by atoms with Gasteiger partial charge in [-0.3, -0.25) is 4.79 Å². The SMILES string of the molecule is COC(=O)[C@H](CCSC)NC(=O)CCCSC. The summed E-state index contributed by atoms with van der Waals surface area (Å²) in [6.45, 7) is 0. The molecule has 6 heteroatoms. The lowest BCUT2D eigenvalue weighted by Crippen LogP contribution is -2.41. The summed E-state index contributed by atoms with van der Waals surface area (Å²) in [4.78, 5) is 23.0. The highest BCUT2D eigenvalue weighted by molar-refractivity contribution is 7.98. The maximum Gasteiger partial charge on any atom is 0.328 e. The topological polar surface area (TPSA) is 55.4 Å². The molecule has 0 aliphatic heterocycles. The summed E-state index contributed by atoms with van der Waals surface area (Å²) < 4.78 is 4.67. The first kappa shape index (κ1) is 16.6. The van der Waals surface area contributed by atoms with Crippen LogP contribution in [0.3, 0.4) is 0 Å². The summed E-state index contributed by atoms with van der Waals surface area (Å²) in [6, 6.07) is -0.505. The van der Waals surface area contributed by atoms with E-state index in [0.29, 0.717) is 12.8 Å². The Kier molecular flexibility index (Phi) is 10.5. The van der Waals surface area contributed by atoms with Gasteiger partial charge in [0.05, 0.1) is 7.11 Å². The summed E-state index contributed by atoms with van der Waals surface area (Å²) in [6.07, 6.45) is 5.89. The number of carbonyl (C=O) groups excluding carboxylic acids is 2. The molecule has 0 unspecified atom stereocenters. The average Bonchev–Trinajstić information content (AvgIpc) is 2.33. The van der Waals surface area contributed by atoms with E-state index < -0.39 is 6.04 Å². The lowest BCUT2D eigenvalue weighted by atomic mass is 10.2. The van der Waals surface area contributed by atoms with Crippen molar-refractivity contribution in [1.82, 2.24) is 5.32 Å². The van der Waals surface area contributed by atoms with Crippen molar-refractivity contribution in [1.29, 1.82) is 0 Å². The van der Waals surface area contributed by atoms with Gasteiger partial charge in [0.15, 0.2) is 0 Å². The molecular weight excluding hydrogens is 258 g/mol. The van der Waals surface area contributed by atoms with Crippen LogP contribution in [-0.2, 0) is 14.3 Å². The number of methoxy groups -OCH3 is 1. The minimum atomic E-state index is -0.505. The minimum Gasteiger partial charge on any atom is -0.467 e. The van der Waals surface area contributed by atoms with Gasteiger partial charge >= 0.3 is 5.97 Å². The summed E-state index contributed by atoms with van der Waals surface area (Å²) in [5.74, 6) is 1.35. The number of hydrogen-bond donors (Lipinski definition) is 1. The van der Waals surface area contributed by atoms with E-state index in [2.05, 4.69) is 10.1 Å². The van der Waals surface area contributed by atoms with Crippen LogP contribution in [0, 0.1) is 0 Å². The second-order valence-electron chi connectivity index (χ2n) is 3.52. The van der Waals surface area contributed by atoms with E-state index in [-0.39, 0.29) is 11.9 Å². The smallest absolute Gasteiger partial charge is 0.328 e. The third-order valence-corrected chi connectivity index (χ3v) is 3.52. The van der Waals surface area contributed by atoms with Crippen LogP contribution < -0.4 is 5.32 Å². The van der Waals surface area contributed by atoms with E-state index in [4.69, 9.17) is 0 Å². The Hall–Kier alpha value is -0.360. The molecule has 17 heavy (non-hydrogen) atoms. The molecule has 0 aromatic carbocycles. The fourth-order valence-electron chi connectivity index (χ4n) is 1.27. The van der Waals surface area contributed by atoms with Crippen molar-refractivity contribution in [3.8, 4) is 0 Å². The molecule has 0 aliphatic carbocycles. The van der Waals surface area contributed by atoms with Gasteiger partial charge in [0.2, 0.25) is 5.91 Å². The van der Waals surface area contributed by atoms with Crippen LogP contribution in [0.15, 0.2) is 0 Å². The summed E-state index contributed by atoms with van der Waals surface area (Å²) in [5, 5.41) is 2.73. The predicted molar refractivity (Wildman–Crippen MR) is 74.6 cm³/mol. The molecule has 1 N–H and O–H groups in total. The molecular formula is C11H21NO3S2. The highest BCUT2D eigenvalue weighted by atomic mass is 32.2. The van der Waals surface area contributed by atoms with Gasteiger partial charge in [-0.25, -0.2) is 4.79 Å². The van der Waals surface area contributed by atoms with E-state index in [1.807, 2.05) is 12.5 Å². The lowest BCUT2D eigenvalue weighted by Gasteiger charge is -2.15. The summed E-state index contributed by atoms with van der Waals surface area (Å²) in [7, 11) is 1.34. The first-order valence-corrected chi connectivity index (χ1v) is 8.29. The van der Waals surface area contributed by atoms with Gasteiger partial charge < -0.3 is 10.1 Å². The zero-order valence-corrected chi connectivity index (χ0v) is 12.3. The second-order valence-corrected chi connectivity index (χ2v) is 5.49. The fraction of sp³-hybridized carbons (Fsp3) is 0.818. The summed E-state index contributed by atoms with van der Waals surface area (Å²) >= 11 is 3.36. The van der Waals surface area contributed by atoms with Crippen molar-refractivity contribution >= 4 is 35.4 Å². The molecule has 100 valence electrons. The van der Waals surface area contributed by atoms with Crippen molar-refractivity contribution in [3.63, 3.8) is 0 Å². The lowest BCUT2D eigenvalue weighted by molar-refractivity contribution is -0.145. The minimum absolute atomic E-state index is 0.0736. The number of esters is 1. The normalized spacial score (nSPS) is 11.9. The van der Waals surface area contributed by atoms with Crippen LogP contribution >= 0.6 is 23.5 Å². The third-order valence-electron chi connectivity index (χ3n) is 2.18. The molecule has 0 spiro atoms. The highest BCUT2D eigenvalue weighted by Gasteiger charge is 2.20. The van der Waals surface area contributed by atoms with Crippen molar-refractivity contribution < 1.29 is 14.3 Å². The Morgan fingerprint density at radius 3 is 2.41 bits per heavy atom. The Labute approximate surface area is 112 Å². The van der Waals surface area contributed by atoms with Crippen LogP contribution in [0.1, 0.15) is 19.3 Å². The van der Waals surface area contributed by atoms with Gasteiger partial charge in [0, 0.05) is 6.42 Å². The molecule has 0 saturated heterocycles. The molecule has 0 radical (unpaired) electrons. The summed E-state index contributed by atoms with van der Waals surface area (Å²) in [5.41, 5.74) is 0. The van der Waals surface area contributed by atoms with Gasteiger partial charge in [-0.2, -0.15) is 23.5 Å². The monoisotopic (exact) mass is 279 g/mol. The van der Waals surface area contributed by atoms with Crippen LogP contribution in [0.25, 0.3) is 0 Å². The number of amides is 1. The first-order valence-electron chi connectivity index (χ1n) is 5.50. The number of hydrogen-bond acceptors (Lipinski definition) is 5. The van der Waals surface area contributed by atoms with Crippen molar-refractivity contribution in [2.75, 3.05) is 31.1 Å². The van der Waals surface area contributed by atoms with Crippen molar-refractivity contribution in [2.24, 2.45) is 0 Å². The molecule has 1 amide bonds. The predicted octanol–water partition coefficient (Wildman–Crippen LogP) is 1.54. The van der Waals surface area contributed by atoms with Crippen LogP contribution in [0.4, 0.5) is 0 Å². The Morgan fingerprint density at radius 1 is 1.24 bits per heavy atom. The molecule has 0 heterocycles. The van der Waals surface area contributed by atoms with Gasteiger partial charge in [-0.1, -0.05) is 0 Å². The highest BCUT2D eigenvalue weighted by Crippen LogP contribution is 2.04. The molecule has 0 aliphatic rings. The quantitative estimate of drug-likeness (QED) is 0.512. The Morgan fingerprint density at radius 2 is 1.88 bits per heavy atom. The largest absolute Gasteiger partial charge is 0.467 e. The van der Waals surface area contributed by atoms with E-state index in [1.165, 1.54) is 7.11 Å². The molecule has 0 aromatic heterocycles. The van der Waals surface area contributed by atoms with Gasteiger partial charge in [-0.15, -0.1) is 0 Å². The number of nitrogens with one attached hydrogen (secondary N) is 1. The molecule has 0 fully saturated rings. The number of thioether (sulfide) groups is 2. The van der Waals surface area contributed by atoms with Crippen LogP contribution in [0.5, 0.6) is 0 Å². The van der Waals surface area contributed by atoms with E-state index >= 15 is 0 Å². The van der Waals surface area contributed by atoms with E-state index in [9.17, 15) is 9.59 Å². The van der Waals surface area contributed by atoms with E-state index in [1.54, 1.807) is 23.5 Å². The Balaban J connectivity index is 4.03. The zero-order chi connectivity index (χ0) is 13.1. The molecule has 4 nitrogen and oxygen atoms in total.